The van der Waals surface area contributed by atoms with Crippen LogP contribution in [0.15, 0.2) is 182 Å². The number of aryl methyl sites for hydroxylation is 2. The highest BCUT2D eigenvalue weighted by molar-refractivity contribution is 6.12. The number of aromatic nitrogens is 4. The minimum atomic E-state index is -0.653. The summed E-state index contributed by atoms with van der Waals surface area (Å²) in [7, 11) is 0. The molecule has 0 spiro atoms. The minimum absolute atomic E-state index is 0.406. The van der Waals surface area contributed by atoms with Crippen LogP contribution in [0.5, 0.6) is 0 Å². The van der Waals surface area contributed by atoms with Gasteiger partial charge in [0.1, 0.15) is 11.6 Å². The maximum atomic E-state index is 14.7. The van der Waals surface area contributed by atoms with Gasteiger partial charge in [0.15, 0.2) is 17.5 Å². The summed E-state index contributed by atoms with van der Waals surface area (Å²) in [6.45, 7) is 4.22. The summed E-state index contributed by atoms with van der Waals surface area (Å²) >= 11 is 0. The van der Waals surface area contributed by atoms with Crippen molar-refractivity contribution in [3.8, 4) is 73.2 Å². The Bertz CT molecular complexity index is 3030. The second-order valence-electron chi connectivity index (χ2n) is 15.0. The van der Waals surface area contributed by atoms with E-state index in [9.17, 15) is 8.78 Å². The van der Waals surface area contributed by atoms with Crippen molar-refractivity contribution in [2.75, 3.05) is 0 Å². The van der Waals surface area contributed by atoms with Crippen molar-refractivity contribution in [1.29, 1.82) is 0 Å². The lowest BCUT2D eigenvalue weighted by molar-refractivity contribution is 0.584. The van der Waals surface area contributed by atoms with Crippen LogP contribution in [0.4, 0.5) is 8.78 Å². The molecule has 0 fully saturated rings. The van der Waals surface area contributed by atoms with Gasteiger partial charge in [0.2, 0.25) is 0 Å². The molecule has 0 radical (unpaired) electrons. The van der Waals surface area contributed by atoms with Crippen molar-refractivity contribution in [2.45, 2.75) is 13.8 Å². The Labute approximate surface area is 340 Å². The Kier molecular flexibility index (Phi) is 8.95. The topological polar surface area (TPSA) is 43.6 Å². The summed E-state index contributed by atoms with van der Waals surface area (Å²) in [5.41, 5.74) is 13.0. The maximum Gasteiger partial charge on any atom is 0.166 e. The molecule has 4 nitrogen and oxygen atoms in total. The lowest BCUT2D eigenvalue weighted by atomic mass is 9.99. The number of benzene rings is 8. The van der Waals surface area contributed by atoms with Crippen LogP contribution in [0.25, 0.3) is 95.0 Å². The van der Waals surface area contributed by atoms with Crippen LogP contribution in [0, 0.1) is 25.5 Å². The molecule has 10 rings (SSSR count). The summed E-state index contributed by atoms with van der Waals surface area (Å²) in [5, 5.41) is 2.17. The first-order valence-corrected chi connectivity index (χ1v) is 19.6. The zero-order valence-corrected chi connectivity index (χ0v) is 32.4. The third-order valence-electron chi connectivity index (χ3n) is 10.8. The van der Waals surface area contributed by atoms with Crippen molar-refractivity contribution in [1.82, 2.24) is 19.5 Å². The van der Waals surface area contributed by atoms with Gasteiger partial charge in [-0.05, 0) is 95.8 Å². The molecule has 0 aliphatic carbocycles. The summed E-state index contributed by atoms with van der Waals surface area (Å²) in [4.78, 5) is 15.2. The average Bonchev–Trinajstić information content (AvgIpc) is 3.59. The number of fused-ring (bicyclic) bond motifs is 3. The van der Waals surface area contributed by atoms with Crippen LogP contribution in [0.1, 0.15) is 11.1 Å². The molecule has 0 aliphatic rings. The Morgan fingerprint density at radius 2 is 0.797 bits per heavy atom. The molecule has 0 N–H and O–H groups in total. The normalized spacial score (nSPS) is 11.4. The molecular weight excluding hydrogens is 731 g/mol. The number of nitrogens with zero attached hydrogens (tertiary/aromatic N) is 4. The Balaban J connectivity index is 1.28. The van der Waals surface area contributed by atoms with Crippen LogP contribution >= 0.6 is 0 Å². The van der Waals surface area contributed by atoms with Gasteiger partial charge in [0.25, 0.3) is 0 Å². The van der Waals surface area contributed by atoms with Gasteiger partial charge in [-0.3, -0.25) is 0 Å². The smallest absolute Gasteiger partial charge is 0.166 e. The van der Waals surface area contributed by atoms with E-state index in [-0.39, 0.29) is 0 Å². The summed E-state index contributed by atoms with van der Waals surface area (Å²) in [5.74, 6) is 0.138. The third-order valence-corrected chi connectivity index (χ3v) is 10.8. The SMILES string of the molecule is Cc1cccc(-c2ccc3c(c2)c2cc(-c4cccc(C)c4)ccc2n3-c2ccc(-c3cc(F)cc(F)c3)cc2-c2nc(-c3ccccc3)nc(-c3ccccc3)n2)c1. The van der Waals surface area contributed by atoms with E-state index in [0.29, 0.717) is 34.2 Å². The molecule has 0 bridgehead atoms. The fourth-order valence-electron chi connectivity index (χ4n) is 8.03. The van der Waals surface area contributed by atoms with Crippen molar-refractivity contribution in [3.05, 3.63) is 205 Å². The number of hydrogen-bond acceptors (Lipinski definition) is 3. The van der Waals surface area contributed by atoms with Crippen LogP contribution in [0.2, 0.25) is 0 Å². The van der Waals surface area contributed by atoms with E-state index in [0.717, 1.165) is 66.9 Å². The van der Waals surface area contributed by atoms with Gasteiger partial charge in [0.05, 0.1) is 16.7 Å². The van der Waals surface area contributed by atoms with E-state index in [4.69, 9.17) is 15.0 Å². The highest BCUT2D eigenvalue weighted by atomic mass is 19.1. The average molecular weight is 767 g/mol. The first-order chi connectivity index (χ1) is 28.8. The van der Waals surface area contributed by atoms with Crippen molar-refractivity contribution in [2.24, 2.45) is 0 Å². The molecule has 282 valence electrons. The third kappa shape index (κ3) is 6.85. The predicted octanol–water partition coefficient (Wildman–Crippen LogP) is 13.9. The van der Waals surface area contributed by atoms with Gasteiger partial charge in [-0.2, -0.15) is 0 Å². The fraction of sp³-hybridized carbons (Fsp3) is 0.0377. The van der Waals surface area contributed by atoms with Crippen molar-refractivity contribution in [3.63, 3.8) is 0 Å². The fourth-order valence-corrected chi connectivity index (χ4v) is 8.03. The van der Waals surface area contributed by atoms with Gasteiger partial charge in [-0.25, -0.2) is 23.7 Å². The molecule has 2 aromatic heterocycles. The van der Waals surface area contributed by atoms with E-state index in [1.807, 2.05) is 78.9 Å². The Hall–Kier alpha value is -7.57. The maximum absolute atomic E-state index is 14.7. The summed E-state index contributed by atoms with van der Waals surface area (Å²) in [6, 6.07) is 59.4. The van der Waals surface area contributed by atoms with E-state index in [1.54, 1.807) is 0 Å². The minimum Gasteiger partial charge on any atom is -0.308 e. The quantitative estimate of drug-likeness (QED) is 0.162. The second kappa shape index (κ2) is 14.7. The molecule has 2 heterocycles. The molecule has 0 unspecified atom stereocenters. The van der Waals surface area contributed by atoms with Gasteiger partial charge in [-0.15, -0.1) is 0 Å². The molecule has 8 aromatic carbocycles. The lowest BCUT2D eigenvalue weighted by Gasteiger charge is -2.16. The van der Waals surface area contributed by atoms with Crippen molar-refractivity contribution >= 4 is 21.8 Å². The van der Waals surface area contributed by atoms with Crippen LogP contribution < -0.4 is 0 Å². The molecule has 0 aliphatic heterocycles. The lowest BCUT2D eigenvalue weighted by Crippen LogP contribution is -2.04. The second-order valence-corrected chi connectivity index (χ2v) is 15.0. The summed E-state index contributed by atoms with van der Waals surface area (Å²) < 4.78 is 31.7. The van der Waals surface area contributed by atoms with Gasteiger partial charge >= 0.3 is 0 Å². The molecule has 59 heavy (non-hydrogen) atoms. The predicted molar refractivity (Wildman–Crippen MR) is 236 cm³/mol. The number of hydrogen-bond donors (Lipinski definition) is 0. The van der Waals surface area contributed by atoms with E-state index < -0.39 is 11.6 Å². The first-order valence-electron chi connectivity index (χ1n) is 19.6. The van der Waals surface area contributed by atoms with Gasteiger partial charge < -0.3 is 4.57 Å². The highest BCUT2D eigenvalue weighted by Gasteiger charge is 2.22. The summed E-state index contributed by atoms with van der Waals surface area (Å²) in [6.07, 6.45) is 0. The van der Waals surface area contributed by atoms with E-state index >= 15 is 0 Å². The monoisotopic (exact) mass is 766 g/mol. The first kappa shape index (κ1) is 35.8. The highest BCUT2D eigenvalue weighted by Crippen LogP contribution is 2.41. The van der Waals surface area contributed by atoms with Gasteiger partial charge in [0, 0.05) is 33.5 Å². The standard InChI is InChI=1S/C53H36F2N4/c1-33-11-9-17-37(25-33)39-19-22-48-45(29-39)46-30-40(38-18-10-12-34(2)26-38)20-23-49(46)59(48)50-24-21-41(42-27-43(54)32-44(55)28-42)31-47(50)53-57-51(35-13-5-3-6-14-35)56-52(58-53)36-15-7-4-8-16-36/h3-32H,1-2H3. The molecule has 10 aromatic rings. The molecule has 6 heteroatoms. The molecule has 0 saturated heterocycles. The molecule has 0 amide bonds. The molecular formula is C53H36F2N4. The van der Waals surface area contributed by atoms with Crippen LogP contribution in [0.3, 0.4) is 0 Å². The van der Waals surface area contributed by atoms with E-state index in [1.165, 1.54) is 23.3 Å². The molecule has 0 saturated carbocycles. The largest absolute Gasteiger partial charge is 0.308 e. The number of rotatable bonds is 7. The van der Waals surface area contributed by atoms with Crippen LogP contribution in [-0.4, -0.2) is 19.5 Å². The molecule has 0 atom stereocenters. The van der Waals surface area contributed by atoms with Crippen LogP contribution in [-0.2, 0) is 0 Å². The number of halogens is 2. The van der Waals surface area contributed by atoms with E-state index in [2.05, 4.69) is 103 Å². The zero-order chi connectivity index (χ0) is 40.0. The Morgan fingerprint density at radius 1 is 0.356 bits per heavy atom. The van der Waals surface area contributed by atoms with Gasteiger partial charge in [-0.1, -0.05) is 139 Å². The zero-order valence-electron chi connectivity index (χ0n) is 32.4. The Morgan fingerprint density at radius 3 is 1.31 bits per heavy atom. The van der Waals surface area contributed by atoms with Crippen molar-refractivity contribution < 1.29 is 8.78 Å².